The summed E-state index contributed by atoms with van der Waals surface area (Å²) >= 11 is 0. The molecular weight excluding hydrogens is 136 g/mol. The van der Waals surface area contributed by atoms with Crippen LogP contribution in [0.3, 0.4) is 0 Å². The Morgan fingerprint density at radius 2 is 2.18 bits per heavy atom. The largest absolute Gasteiger partial charge is 0.303 e. The number of carbonyl (C=O) groups excluding carboxylic acids is 1. The van der Waals surface area contributed by atoms with Gasteiger partial charge in [0.15, 0.2) is 0 Å². The van der Waals surface area contributed by atoms with Crippen molar-refractivity contribution in [1.29, 1.82) is 0 Å². The van der Waals surface area contributed by atoms with Gasteiger partial charge >= 0.3 is 0 Å². The van der Waals surface area contributed by atoms with E-state index in [-0.39, 0.29) is 5.41 Å². The summed E-state index contributed by atoms with van der Waals surface area (Å²) < 4.78 is 0. The van der Waals surface area contributed by atoms with E-state index in [1.807, 2.05) is 19.9 Å². The minimum Gasteiger partial charge on any atom is -0.303 e. The molecule has 0 aromatic carbocycles. The zero-order chi connectivity index (χ0) is 8.91. The van der Waals surface area contributed by atoms with Crippen molar-refractivity contribution >= 4 is 6.29 Å². The van der Waals surface area contributed by atoms with Crippen molar-refractivity contribution < 1.29 is 4.79 Å². The summed E-state index contributed by atoms with van der Waals surface area (Å²) in [6, 6.07) is 0. The molecule has 64 valence electrons. The van der Waals surface area contributed by atoms with E-state index in [1.165, 1.54) is 0 Å². The second-order valence-electron chi connectivity index (χ2n) is 3.54. The monoisotopic (exact) mass is 154 g/mol. The lowest BCUT2D eigenvalue weighted by molar-refractivity contribution is -0.116. The lowest BCUT2D eigenvalue weighted by Crippen LogP contribution is -2.19. The van der Waals surface area contributed by atoms with Gasteiger partial charge in [-0.15, -0.1) is 6.58 Å². The molecule has 0 aliphatic heterocycles. The molecule has 0 aliphatic carbocycles. The van der Waals surface area contributed by atoms with Crippen LogP contribution in [-0.4, -0.2) is 6.29 Å². The van der Waals surface area contributed by atoms with E-state index < -0.39 is 0 Å². The normalized spacial score (nSPS) is 18.5. The maximum atomic E-state index is 10.7. The third-order valence-corrected chi connectivity index (χ3v) is 2.28. The third-order valence-electron chi connectivity index (χ3n) is 2.28. The van der Waals surface area contributed by atoms with Crippen LogP contribution in [0.4, 0.5) is 0 Å². The molecule has 0 amide bonds. The first-order valence-electron chi connectivity index (χ1n) is 4.17. The predicted octanol–water partition coefficient (Wildman–Crippen LogP) is 2.81. The van der Waals surface area contributed by atoms with Gasteiger partial charge in [-0.25, -0.2) is 0 Å². The smallest absolute Gasteiger partial charge is 0.125 e. The molecule has 0 saturated heterocycles. The van der Waals surface area contributed by atoms with Crippen LogP contribution in [0.5, 0.6) is 0 Å². The zero-order valence-corrected chi connectivity index (χ0v) is 7.76. The first kappa shape index (κ1) is 10.4. The van der Waals surface area contributed by atoms with Gasteiger partial charge in [-0.05, 0) is 18.8 Å². The average molecular weight is 154 g/mol. The van der Waals surface area contributed by atoms with Crippen molar-refractivity contribution in [2.24, 2.45) is 11.3 Å². The second-order valence-corrected chi connectivity index (χ2v) is 3.54. The van der Waals surface area contributed by atoms with Gasteiger partial charge in [0, 0.05) is 5.41 Å². The fourth-order valence-corrected chi connectivity index (χ4v) is 1.09. The molecule has 0 radical (unpaired) electrons. The van der Waals surface area contributed by atoms with Crippen molar-refractivity contribution in [3.05, 3.63) is 12.7 Å². The van der Waals surface area contributed by atoms with E-state index in [9.17, 15) is 4.79 Å². The van der Waals surface area contributed by atoms with Crippen LogP contribution in [0, 0.1) is 11.3 Å². The van der Waals surface area contributed by atoms with E-state index in [1.54, 1.807) is 0 Å². The Balaban J connectivity index is 4.06. The Morgan fingerprint density at radius 1 is 1.64 bits per heavy atom. The molecule has 0 aromatic heterocycles. The van der Waals surface area contributed by atoms with Gasteiger partial charge in [-0.3, -0.25) is 0 Å². The highest BCUT2D eigenvalue weighted by Crippen LogP contribution is 2.27. The number of allylic oxidation sites excluding steroid dienone is 1. The van der Waals surface area contributed by atoms with E-state index in [2.05, 4.69) is 13.5 Å². The Morgan fingerprint density at radius 3 is 2.45 bits per heavy atom. The molecule has 11 heavy (non-hydrogen) atoms. The Hall–Kier alpha value is -0.590. The minimum absolute atomic E-state index is 0.145. The van der Waals surface area contributed by atoms with Crippen molar-refractivity contribution in [2.75, 3.05) is 0 Å². The highest BCUT2D eigenvalue weighted by molar-refractivity contribution is 5.58. The molecular formula is C10H18O. The van der Waals surface area contributed by atoms with Crippen LogP contribution >= 0.6 is 0 Å². The Labute approximate surface area is 69.5 Å². The molecule has 2 atom stereocenters. The lowest BCUT2D eigenvalue weighted by Gasteiger charge is -2.23. The van der Waals surface area contributed by atoms with E-state index in [4.69, 9.17) is 0 Å². The van der Waals surface area contributed by atoms with Gasteiger partial charge in [0.2, 0.25) is 0 Å². The van der Waals surface area contributed by atoms with Crippen LogP contribution < -0.4 is 0 Å². The highest BCUT2D eigenvalue weighted by Gasteiger charge is 2.22. The minimum atomic E-state index is -0.145. The van der Waals surface area contributed by atoms with Crippen LogP contribution in [0.1, 0.15) is 33.6 Å². The molecule has 1 heteroatoms. The summed E-state index contributed by atoms with van der Waals surface area (Å²) in [4.78, 5) is 10.7. The number of rotatable bonds is 5. The summed E-state index contributed by atoms with van der Waals surface area (Å²) in [6.45, 7) is 9.83. The molecule has 0 aromatic rings. The number of aldehydes is 1. The van der Waals surface area contributed by atoms with E-state index in [0.29, 0.717) is 5.92 Å². The van der Waals surface area contributed by atoms with Crippen LogP contribution in [0.2, 0.25) is 0 Å². The summed E-state index contributed by atoms with van der Waals surface area (Å²) in [5, 5.41) is 0. The lowest BCUT2D eigenvalue weighted by atomic mass is 9.81. The van der Waals surface area contributed by atoms with Crippen LogP contribution in [0.15, 0.2) is 12.7 Å². The standard InChI is InChI=1S/C10H18O/c1-5-9(3)7-10(4,6-2)8-11/h5,8-9H,1,6-7H2,2-4H3. The third kappa shape index (κ3) is 3.35. The van der Waals surface area contributed by atoms with Gasteiger partial charge < -0.3 is 4.79 Å². The molecule has 0 N–H and O–H groups in total. The second kappa shape index (κ2) is 4.32. The van der Waals surface area contributed by atoms with E-state index >= 15 is 0 Å². The Bertz CT molecular complexity index is 140. The molecule has 2 unspecified atom stereocenters. The van der Waals surface area contributed by atoms with Gasteiger partial charge in [0.25, 0.3) is 0 Å². The average Bonchev–Trinajstić information content (AvgIpc) is 2.04. The van der Waals surface area contributed by atoms with Crippen molar-refractivity contribution in [3.8, 4) is 0 Å². The topological polar surface area (TPSA) is 17.1 Å². The summed E-state index contributed by atoms with van der Waals surface area (Å²) in [5.41, 5.74) is -0.145. The maximum absolute atomic E-state index is 10.7. The molecule has 0 bridgehead atoms. The number of carbonyl (C=O) groups is 1. The zero-order valence-electron chi connectivity index (χ0n) is 7.76. The first-order chi connectivity index (χ1) is 5.08. The van der Waals surface area contributed by atoms with Crippen molar-refractivity contribution in [2.45, 2.75) is 33.6 Å². The van der Waals surface area contributed by atoms with Gasteiger partial charge in [0.1, 0.15) is 6.29 Å². The van der Waals surface area contributed by atoms with Gasteiger partial charge in [-0.1, -0.05) is 26.8 Å². The van der Waals surface area contributed by atoms with Crippen LogP contribution in [0.25, 0.3) is 0 Å². The molecule has 0 spiro atoms. The van der Waals surface area contributed by atoms with Gasteiger partial charge in [-0.2, -0.15) is 0 Å². The maximum Gasteiger partial charge on any atom is 0.125 e. The molecule has 0 saturated carbocycles. The quantitative estimate of drug-likeness (QED) is 0.439. The molecule has 0 fully saturated rings. The van der Waals surface area contributed by atoms with E-state index in [0.717, 1.165) is 19.1 Å². The first-order valence-corrected chi connectivity index (χ1v) is 4.17. The SMILES string of the molecule is C=CC(C)CC(C)(C=O)CC. The Kier molecular flexibility index (Phi) is 4.09. The molecule has 0 rings (SSSR count). The summed E-state index contributed by atoms with van der Waals surface area (Å²) in [7, 11) is 0. The van der Waals surface area contributed by atoms with Crippen molar-refractivity contribution in [1.82, 2.24) is 0 Å². The summed E-state index contributed by atoms with van der Waals surface area (Å²) in [6.07, 6.45) is 4.79. The fraction of sp³-hybridized carbons (Fsp3) is 0.700. The highest BCUT2D eigenvalue weighted by atomic mass is 16.1. The fourth-order valence-electron chi connectivity index (χ4n) is 1.09. The van der Waals surface area contributed by atoms with Crippen LogP contribution in [-0.2, 0) is 4.79 Å². The van der Waals surface area contributed by atoms with Crippen molar-refractivity contribution in [3.63, 3.8) is 0 Å². The molecule has 0 aliphatic rings. The molecule has 0 heterocycles. The molecule has 1 nitrogen and oxygen atoms in total. The van der Waals surface area contributed by atoms with Gasteiger partial charge in [0.05, 0.1) is 0 Å². The number of hydrogen-bond acceptors (Lipinski definition) is 1. The number of hydrogen-bond donors (Lipinski definition) is 0. The summed E-state index contributed by atoms with van der Waals surface area (Å²) in [5.74, 6) is 0.435. The predicted molar refractivity (Wildman–Crippen MR) is 48.4 cm³/mol.